The van der Waals surface area contributed by atoms with Gasteiger partial charge in [0.25, 0.3) is 0 Å². The minimum Gasteiger partial charge on any atom is -0.394 e. The molecule has 5 N–H and O–H groups in total. The zero-order chi connectivity index (χ0) is 41.2. The van der Waals surface area contributed by atoms with Gasteiger partial charge in [0, 0.05) is 0 Å². The Bertz CT molecular complexity index is 1770. The molecular formula is C46H62O9. The standard InChI is InChI=1S/C46H62O9/c1-28(17-13-19-30(3)21-23-34-32(5)39(49)36(48)25-45(34,7)8)15-11-12-16-29(2)18-14-20-31(4)22-24-35-33(6)40(50)37(26-46(35,9)10)54-44-43(53)42(52)41(51)38(27-47)55-44/h11-24,36-38,41-44,47-48,51-53H,25-27H2,1-10H3/b12-11+,17-13?,18-14+,23-21?,24-22+,28-15?,29-16+,30-19?,31-20+. The molecule has 0 amide bonds. The Hall–Kier alpha value is -3.80. The van der Waals surface area contributed by atoms with Crippen molar-refractivity contribution in [3.8, 4) is 0 Å². The molecule has 55 heavy (non-hydrogen) atoms. The zero-order valence-electron chi connectivity index (χ0n) is 34.1. The molecule has 1 fully saturated rings. The summed E-state index contributed by atoms with van der Waals surface area (Å²) in [4.78, 5) is 25.6. The van der Waals surface area contributed by atoms with Crippen molar-refractivity contribution in [2.45, 2.75) is 125 Å². The van der Waals surface area contributed by atoms with Crippen molar-refractivity contribution in [3.63, 3.8) is 0 Å². The lowest BCUT2D eigenvalue weighted by molar-refractivity contribution is -0.309. The van der Waals surface area contributed by atoms with E-state index in [1.54, 1.807) is 13.8 Å². The molecule has 1 heterocycles. The summed E-state index contributed by atoms with van der Waals surface area (Å²) < 4.78 is 11.3. The van der Waals surface area contributed by atoms with Gasteiger partial charge < -0.3 is 35.0 Å². The number of carbonyl (C=O) groups excluding carboxylic acids is 2. The molecule has 0 saturated carbocycles. The molecule has 9 heteroatoms. The van der Waals surface area contributed by atoms with E-state index in [1.807, 2.05) is 127 Å². The van der Waals surface area contributed by atoms with E-state index in [0.29, 0.717) is 24.0 Å². The Labute approximate surface area is 327 Å². The van der Waals surface area contributed by atoms with Crippen LogP contribution in [0.3, 0.4) is 0 Å². The highest BCUT2D eigenvalue weighted by molar-refractivity contribution is 6.01. The van der Waals surface area contributed by atoms with E-state index in [-0.39, 0.29) is 17.0 Å². The van der Waals surface area contributed by atoms with Gasteiger partial charge in [-0.15, -0.1) is 0 Å². The first-order valence-electron chi connectivity index (χ1n) is 18.9. The van der Waals surface area contributed by atoms with Crippen molar-refractivity contribution >= 4 is 11.6 Å². The van der Waals surface area contributed by atoms with Gasteiger partial charge in [-0.05, 0) is 87.5 Å². The number of Topliss-reactive ketones (excluding diaryl/α,β-unsaturated/α-hetero) is 2. The maximum atomic E-state index is 13.3. The van der Waals surface area contributed by atoms with Crippen molar-refractivity contribution in [1.29, 1.82) is 0 Å². The van der Waals surface area contributed by atoms with E-state index in [4.69, 9.17) is 9.47 Å². The molecule has 0 bridgehead atoms. The lowest BCUT2D eigenvalue weighted by atomic mass is 9.71. The monoisotopic (exact) mass is 758 g/mol. The molecule has 9 nitrogen and oxygen atoms in total. The summed E-state index contributed by atoms with van der Waals surface area (Å²) in [5.74, 6) is -0.442. The van der Waals surface area contributed by atoms with Crippen molar-refractivity contribution in [3.05, 3.63) is 130 Å². The Morgan fingerprint density at radius 2 is 1.09 bits per heavy atom. The SMILES string of the molecule is CC(C=CC1=C(C)C(=O)C(O)CC1(C)C)=CC=CC(C)=C/C=C/C=C(C)/C=C/C=C(C)/C=C/C1=C(C)C(=O)C(OC2OC(CO)C(O)C(O)C2O)CC1(C)C. The molecule has 0 radical (unpaired) electrons. The molecule has 3 aliphatic rings. The molecule has 7 unspecified atom stereocenters. The van der Waals surface area contributed by atoms with Gasteiger partial charge in [0.15, 0.2) is 17.9 Å². The number of aliphatic hydroxyl groups is 5. The van der Waals surface area contributed by atoms with Crippen LogP contribution in [0, 0.1) is 10.8 Å². The summed E-state index contributed by atoms with van der Waals surface area (Å²) in [7, 11) is 0. The van der Waals surface area contributed by atoms with Crippen molar-refractivity contribution in [1.82, 2.24) is 0 Å². The third-order valence-electron chi connectivity index (χ3n) is 10.4. The molecule has 2 aliphatic carbocycles. The van der Waals surface area contributed by atoms with Crippen LogP contribution in [0.4, 0.5) is 0 Å². The van der Waals surface area contributed by atoms with Crippen LogP contribution in [0.2, 0.25) is 0 Å². The fourth-order valence-corrected chi connectivity index (χ4v) is 7.05. The van der Waals surface area contributed by atoms with Crippen LogP contribution in [0.5, 0.6) is 0 Å². The number of aliphatic hydroxyl groups excluding tert-OH is 5. The first kappa shape index (κ1) is 45.6. The Morgan fingerprint density at radius 1 is 0.655 bits per heavy atom. The maximum absolute atomic E-state index is 13.3. The average Bonchev–Trinajstić information content (AvgIpc) is 3.10. The molecule has 1 aliphatic heterocycles. The fourth-order valence-electron chi connectivity index (χ4n) is 7.05. The van der Waals surface area contributed by atoms with Crippen molar-refractivity contribution in [2.24, 2.45) is 10.8 Å². The van der Waals surface area contributed by atoms with Gasteiger partial charge in [0.2, 0.25) is 0 Å². The van der Waals surface area contributed by atoms with Crippen LogP contribution in [-0.4, -0.2) is 86.6 Å². The van der Waals surface area contributed by atoms with E-state index in [9.17, 15) is 35.1 Å². The molecule has 7 atom stereocenters. The predicted molar refractivity (Wildman–Crippen MR) is 218 cm³/mol. The molecule has 0 aromatic heterocycles. The van der Waals surface area contributed by atoms with Gasteiger partial charge in [-0.3, -0.25) is 9.59 Å². The van der Waals surface area contributed by atoms with Crippen molar-refractivity contribution in [2.75, 3.05) is 6.61 Å². The Morgan fingerprint density at radius 3 is 1.58 bits per heavy atom. The molecule has 0 spiro atoms. The van der Waals surface area contributed by atoms with Crippen LogP contribution in [-0.2, 0) is 19.1 Å². The van der Waals surface area contributed by atoms with Crippen molar-refractivity contribution < 1.29 is 44.6 Å². The summed E-state index contributed by atoms with van der Waals surface area (Å²) in [6.07, 6.45) is 19.7. The maximum Gasteiger partial charge on any atom is 0.187 e. The van der Waals surface area contributed by atoms with E-state index in [0.717, 1.165) is 33.4 Å². The second-order valence-electron chi connectivity index (χ2n) is 16.2. The zero-order valence-corrected chi connectivity index (χ0v) is 34.1. The smallest absolute Gasteiger partial charge is 0.187 e. The van der Waals surface area contributed by atoms with Crippen LogP contribution < -0.4 is 0 Å². The quantitative estimate of drug-likeness (QED) is 0.129. The van der Waals surface area contributed by atoms with E-state index < -0.39 is 54.9 Å². The van der Waals surface area contributed by atoms with Gasteiger partial charge in [-0.2, -0.15) is 0 Å². The highest BCUT2D eigenvalue weighted by Gasteiger charge is 2.47. The number of ether oxygens (including phenoxy) is 2. The number of carbonyl (C=O) groups is 2. The second kappa shape index (κ2) is 19.9. The number of ketones is 2. The molecule has 0 aromatic rings. The molecule has 3 rings (SSSR count). The minimum atomic E-state index is -1.58. The Balaban J connectivity index is 1.56. The number of hydrogen-bond acceptors (Lipinski definition) is 9. The molecule has 0 aromatic carbocycles. The molecule has 1 saturated heterocycles. The van der Waals surface area contributed by atoms with Crippen LogP contribution in [0.25, 0.3) is 0 Å². The van der Waals surface area contributed by atoms with E-state index in [1.165, 1.54) is 0 Å². The summed E-state index contributed by atoms with van der Waals surface area (Å²) in [5.41, 5.74) is 6.49. The Kier molecular flexibility index (Phi) is 16.5. The molecule has 300 valence electrons. The number of hydrogen-bond donors (Lipinski definition) is 5. The summed E-state index contributed by atoms with van der Waals surface area (Å²) >= 11 is 0. The number of rotatable bonds is 13. The first-order chi connectivity index (χ1) is 25.7. The largest absolute Gasteiger partial charge is 0.394 e. The van der Waals surface area contributed by atoms with Gasteiger partial charge >= 0.3 is 0 Å². The third kappa shape index (κ3) is 12.3. The summed E-state index contributed by atoms with van der Waals surface area (Å²) in [6, 6.07) is 0. The van der Waals surface area contributed by atoms with Gasteiger partial charge in [-0.1, -0.05) is 135 Å². The topological polar surface area (TPSA) is 154 Å². The second-order valence-corrected chi connectivity index (χ2v) is 16.2. The average molecular weight is 759 g/mol. The number of allylic oxidation sites excluding steroid dienone is 20. The van der Waals surface area contributed by atoms with Gasteiger partial charge in [0.05, 0.1) is 6.61 Å². The first-order valence-corrected chi connectivity index (χ1v) is 18.9. The highest BCUT2D eigenvalue weighted by Crippen LogP contribution is 2.42. The van der Waals surface area contributed by atoms with E-state index >= 15 is 0 Å². The predicted octanol–water partition coefficient (Wildman–Crippen LogP) is 6.73. The summed E-state index contributed by atoms with van der Waals surface area (Å²) in [5, 5.41) is 50.1. The van der Waals surface area contributed by atoms with E-state index in [2.05, 4.69) is 13.8 Å². The van der Waals surface area contributed by atoms with Gasteiger partial charge in [-0.25, -0.2) is 0 Å². The highest BCUT2D eigenvalue weighted by atomic mass is 16.7. The fraction of sp³-hybridized carbons (Fsp3) is 0.478. The normalized spacial score (nSPS) is 30.5. The summed E-state index contributed by atoms with van der Waals surface area (Å²) in [6.45, 7) is 19.1. The van der Waals surface area contributed by atoms with Crippen LogP contribution >= 0.6 is 0 Å². The third-order valence-corrected chi connectivity index (χ3v) is 10.4. The van der Waals surface area contributed by atoms with Crippen LogP contribution in [0.15, 0.2) is 130 Å². The van der Waals surface area contributed by atoms with Crippen LogP contribution in [0.1, 0.15) is 82.1 Å². The molecular weight excluding hydrogens is 696 g/mol. The lowest BCUT2D eigenvalue weighted by Gasteiger charge is -2.43. The minimum absolute atomic E-state index is 0.190. The van der Waals surface area contributed by atoms with Gasteiger partial charge in [0.1, 0.15) is 36.6 Å². The lowest BCUT2D eigenvalue weighted by Crippen LogP contribution is -2.60.